The predicted molar refractivity (Wildman–Crippen MR) is 104 cm³/mol. The van der Waals surface area contributed by atoms with Crippen molar-refractivity contribution >= 4 is 22.4 Å². The molecule has 2 aromatic carbocycles. The first-order valence-corrected chi connectivity index (χ1v) is 8.50. The maximum absolute atomic E-state index is 12.6. The van der Waals surface area contributed by atoms with Crippen LogP contribution in [-0.4, -0.2) is 31.5 Å². The lowest BCUT2D eigenvalue weighted by Gasteiger charge is -2.12. The van der Waals surface area contributed by atoms with Crippen LogP contribution >= 0.6 is 0 Å². The Balaban J connectivity index is 1.98. The molecule has 150 valence electrons. The third-order valence-electron chi connectivity index (χ3n) is 4.21. The minimum atomic E-state index is -3.04. The highest BCUT2D eigenvalue weighted by atomic mass is 19.3. The van der Waals surface area contributed by atoms with Crippen LogP contribution in [0.15, 0.2) is 55.0 Å². The second-order valence-corrected chi connectivity index (χ2v) is 6.04. The number of alkyl halides is 2. The quantitative estimate of drug-likeness (QED) is 0.388. The zero-order chi connectivity index (χ0) is 21.3. The summed E-state index contributed by atoms with van der Waals surface area (Å²) in [6.45, 7) is -3.04. The van der Waals surface area contributed by atoms with Gasteiger partial charge in [0, 0.05) is 18.5 Å². The molecule has 0 spiro atoms. The number of nitrogens with two attached hydrogens (primary N) is 1. The van der Waals surface area contributed by atoms with Gasteiger partial charge < -0.3 is 10.5 Å². The highest BCUT2D eigenvalue weighted by Crippen LogP contribution is 2.40. The van der Waals surface area contributed by atoms with E-state index in [9.17, 15) is 18.9 Å². The number of ether oxygens (including phenoxy) is 1. The van der Waals surface area contributed by atoms with Crippen molar-refractivity contribution in [1.82, 2.24) is 19.9 Å². The summed E-state index contributed by atoms with van der Waals surface area (Å²) in [6.07, 6.45) is 4.41. The number of fused-ring (bicyclic) bond motifs is 1. The topological polar surface area (TPSA) is 130 Å². The van der Waals surface area contributed by atoms with Crippen LogP contribution in [0.4, 0.5) is 20.3 Å². The molecule has 2 N–H and O–H groups in total. The number of nitrogens with zero attached hydrogens (tertiary/aromatic N) is 5. The van der Waals surface area contributed by atoms with E-state index in [1.165, 1.54) is 55.0 Å². The SMILES string of the molecule is Nc1nc(-c2cnccn2)nc2ccc([N+](=O)[O-])c(-c3cccc(OC(F)F)c3)c12. The molecular formula is C19H12F2N6O3. The number of anilines is 1. The van der Waals surface area contributed by atoms with Crippen LogP contribution in [0.25, 0.3) is 33.5 Å². The Kier molecular flexibility index (Phi) is 4.84. The van der Waals surface area contributed by atoms with Gasteiger partial charge in [0.1, 0.15) is 17.3 Å². The standard InChI is InChI=1S/C19H12F2N6O3/c20-19(21)30-11-3-1-2-10(8-11)15-14(27(28)29)5-4-12-16(15)17(22)26-18(25-12)13-9-23-6-7-24-13/h1-9,19H,(H2,22,25,26). The number of halogens is 2. The molecule has 0 aliphatic carbocycles. The summed E-state index contributed by atoms with van der Waals surface area (Å²) in [4.78, 5) is 27.8. The lowest BCUT2D eigenvalue weighted by Crippen LogP contribution is -2.03. The van der Waals surface area contributed by atoms with Gasteiger partial charge in [0.15, 0.2) is 5.82 Å². The molecule has 0 radical (unpaired) electrons. The summed E-state index contributed by atoms with van der Waals surface area (Å²) >= 11 is 0. The number of nitrogen functional groups attached to an aromatic ring is 1. The monoisotopic (exact) mass is 410 g/mol. The average Bonchev–Trinajstić information content (AvgIpc) is 2.73. The Hall–Kier alpha value is -4.28. The Labute approximate surface area is 167 Å². The highest BCUT2D eigenvalue weighted by molar-refractivity contribution is 6.05. The number of rotatable bonds is 5. The van der Waals surface area contributed by atoms with Crippen LogP contribution in [0.3, 0.4) is 0 Å². The van der Waals surface area contributed by atoms with Gasteiger partial charge in [0.25, 0.3) is 5.69 Å². The summed E-state index contributed by atoms with van der Waals surface area (Å²) in [5.41, 5.74) is 6.92. The van der Waals surface area contributed by atoms with Gasteiger partial charge in [-0.1, -0.05) is 12.1 Å². The van der Waals surface area contributed by atoms with E-state index in [1.807, 2.05) is 0 Å². The fourth-order valence-electron chi connectivity index (χ4n) is 3.04. The van der Waals surface area contributed by atoms with Gasteiger partial charge in [-0.05, 0) is 23.8 Å². The molecule has 0 aliphatic heterocycles. The van der Waals surface area contributed by atoms with E-state index in [4.69, 9.17) is 5.73 Å². The zero-order valence-corrected chi connectivity index (χ0v) is 15.1. The van der Waals surface area contributed by atoms with Crippen LogP contribution < -0.4 is 10.5 Å². The van der Waals surface area contributed by atoms with Crippen molar-refractivity contribution in [3.63, 3.8) is 0 Å². The van der Waals surface area contributed by atoms with Crippen molar-refractivity contribution in [3.05, 3.63) is 65.1 Å². The normalized spacial score (nSPS) is 11.0. The van der Waals surface area contributed by atoms with Crippen LogP contribution in [0, 0.1) is 10.1 Å². The Bertz CT molecular complexity index is 1250. The van der Waals surface area contributed by atoms with Crippen LogP contribution in [0.2, 0.25) is 0 Å². The van der Waals surface area contributed by atoms with E-state index in [2.05, 4.69) is 24.7 Å². The second-order valence-electron chi connectivity index (χ2n) is 6.04. The van der Waals surface area contributed by atoms with Crippen molar-refractivity contribution in [1.29, 1.82) is 0 Å². The molecule has 2 heterocycles. The third-order valence-corrected chi connectivity index (χ3v) is 4.21. The second kappa shape index (κ2) is 7.62. The van der Waals surface area contributed by atoms with Gasteiger partial charge in [0.05, 0.1) is 27.6 Å². The Morgan fingerprint density at radius 2 is 1.97 bits per heavy atom. The molecule has 4 aromatic rings. The molecule has 0 amide bonds. The summed E-state index contributed by atoms with van der Waals surface area (Å²) < 4.78 is 29.6. The minimum Gasteiger partial charge on any atom is -0.435 e. The minimum absolute atomic E-state index is 0.0282. The van der Waals surface area contributed by atoms with E-state index in [0.29, 0.717) is 11.2 Å². The zero-order valence-electron chi connectivity index (χ0n) is 15.1. The van der Waals surface area contributed by atoms with E-state index in [-0.39, 0.29) is 39.6 Å². The number of nitro groups is 1. The van der Waals surface area contributed by atoms with Crippen molar-refractivity contribution in [2.24, 2.45) is 0 Å². The molecular weight excluding hydrogens is 398 g/mol. The maximum atomic E-state index is 12.6. The third kappa shape index (κ3) is 3.55. The van der Waals surface area contributed by atoms with Crippen molar-refractivity contribution in [3.8, 4) is 28.4 Å². The van der Waals surface area contributed by atoms with Gasteiger partial charge in [-0.15, -0.1) is 0 Å². The van der Waals surface area contributed by atoms with E-state index in [0.717, 1.165) is 0 Å². The molecule has 4 rings (SSSR count). The number of nitro benzene ring substituents is 1. The molecule has 0 saturated heterocycles. The number of hydrogen-bond donors (Lipinski definition) is 1. The number of benzene rings is 2. The first-order valence-electron chi connectivity index (χ1n) is 8.50. The van der Waals surface area contributed by atoms with E-state index >= 15 is 0 Å². The van der Waals surface area contributed by atoms with Crippen LogP contribution in [0.1, 0.15) is 0 Å². The average molecular weight is 410 g/mol. The summed E-state index contributed by atoms with van der Waals surface area (Å²) in [5.74, 6) is 0.0201. The lowest BCUT2D eigenvalue weighted by atomic mass is 9.98. The highest BCUT2D eigenvalue weighted by Gasteiger charge is 2.23. The van der Waals surface area contributed by atoms with Crippen molar-refractivity contribution in [2.45, 2.75) is 6.61 Å². The summed E-state index contributed by atoms with van der Waals surface area (Å²) in [7, 11) is 0. The van der Waals surface area contributed by atoms with Crippen LogP contribution in [-0.2, 0) is 0 Å². The maximum Gasteiger partial charge on any atom is 0.387 e. The Morgan fingerprint density at radius 3 is 2.67 bits per heavy atom. The van der Waals surface area contributed by atoms with E-state index < -0.39 is 11.5 Å². The number of hydrogen-bond acceptors (Lipinski definition) is 8. The molecule has 2 aromatic heterocycles. The molecule has 30 heavy (non-hydrogen) atoms. The summed E-state index contributed by atoms with van der Waals surface area (Å²) in [5, 5.41) is 11.9. The van der Waals surface area contributed by atoms with Crippen molar-refractivity contribution < 1.29 is 18.4 Å². The first-order chi connectivity index (χ1) is 14.4. The molecule has 0 unspecified atom stereocenters. The fraction of sp³-hybridized carbons (Fsp3) is 0.0526. The Morgan fingerprint density at radius 1 is 1.13 bits per heavy atom. The molecule has 0 aliphatic rings. The number of aromatic nitrogens is 4. The molecule has 0 atom stereocenters. The van der Waals surface area contributed by atoms with Gasteiger partial charge in [-0.25, -0.2) is 15.0 Å². The fourth-order valence-corrected chi connectivity index (χ4v) is 3.04. The van der Waals surface area contributed by atoms with Crippen LogP contribution in [0.5, 0.6) is 5.75 Å². The van der Waals surface area contributed by atoms with E-state index in [1.54, 1.807) is 0 Å². The molecule has 0 fully saturated rings. The smallest absolute Gasteiger partial charge is 0.387 e. The molecule has 11 heteroatoms. The molecule has 9 nitrogen and oxygen atoms in total. The van der Waals surface area contributed by atoms with Gasteiger partial charge in [-0.3, -0.25) is 15.1 Å². The largest absolute Gasteiger partial charge is 0.435 e. The lowest BCUT2D eigenvalue weighted by molar-refractivity contribution is -0.384. The first kappa shape index (κ1) is 19.1. The molecule has 0 saturated carbocycles. The van der Waals surface area contributed by atoms with Gasteiger partial charge >= 0.3 is 6.61 Å². The van der Waals surface area contributed by atoms with Crippen molar-refractivity contribution in [2.75, 3.05) is 5.73 Å². The summed E-state index contributed by atoms with van der Waals surface area (Å²) in [6, 6.07) is 8.26. The molecule has 0 bridgehead atoms. The van der Waals surface area contributed by atoms with Gasteiger partial charge in [-0.2, -0.15) is 8.78 Å². The van der Waals surface area contributed by atoms with Gasteiger partial charge in [0.2, 0.25) is 0 Å². The predicted octanol–water partition coefficient (Wildman–Crippen LogP) is 3.85.